The molecule has 0 radical (unpaired) electrons. The Labute approximate surface area is 104 Å². The van der Waals surface area contributed by atoms with E-state index in [0.717, 1.165) is 11.3 Å². The van der Waals surface area contributed by atoms with Crippen LogP contribution in [0.4, 0.5) is 0 Å². The molecule has 0 amide bonds. The summed E-state index contributed by atoms with van der Waals surface area (Å²) in [5, 5.41) is 10.2. The topological polar surface area (TPSA) is 69.7 Å². The highest BCUT2D eigenvalue weighted by Crippen LogP contribution is 2.21. The fourth-order valence-electron chi connectivity index (χ4n) is 1.94. The van der Waals surface area contributed by atoms with Gasteiger partial charge in [-0.15, -0.1) is 0 Å². The molecule has 0 bridgehead atoms. The molecule has 5 heteroatoms. The van der Waals surface area contributed by atoms with Crippen LogP contribution < -0.4 is 0 Å². The van der Waals surface area contributed by atoms with Crippen LogP contribution in [0.2, 0.25) is 0 Å². The number of hydrogen-bond donors (Lipinski definition) is 1. The maximum Gasteiger partial charge on any atom is 0.162 e. The lowest BCUT2D eigenvalue weighted by atomic mass is 10.1. The Morgan fingerprint density at radius 1 is 1.22 bits per heavy atom. The van der Waals surface area contributed by atoms with Gasteiger partial charge in [-0.2, -0.15) is 0 Å². The van der Waals surface area contributed by atoms with Crippen LogP contribution in [-0.4, -0.2) is 34.9 Å². The van der Waals surface area contributed by atoms with Crippen LogP contribution >= 0.6 is 0 Å². The molecule has 1 aromatic rings. The first-order valence-corrected chi connectivity index (χ1v) is 5.72. The van der Waals surface area contributed by atoms with E-state index in [1.807, 2.05) is 37.3 Å². The number of rotatable bonds is 2. The molecule has 0 saturated carbocycles. The minimum absolute atomic E-state index is 0.233. The van der Waals surface area contributed by atoms with E-state index < -0.39 is 6.10 Å². The van der Waals surface area contributed by atoms with Gasteiger partial charge in [0.2, 0.25) is 0 Å². The smallest absolute Gasteiger partial charge is 0.162 e. The predicted molar refractivity (Wildman–Crippen MR) is 71.7 cm³/mol. The summed E-state index contributed by atoms with van der Waals surface area (Å²) < 4.78 is 0. The van der Waals surface area contributed by atoms with Crippen LogP contribution in [0.25, 0.3) is 0 Å². The van der Waals surface area contributed by atoms with Crippen molar-refractivity contribution in [1.82, 2.24) is 0 Å². The third kappa shape index (κ3) is 1.78. The summed E-state index contributed by atoms with van der Waals surface area (Å²) in [5.41, 5.74) is 1.62. The predicted octanol–water partition coefficient (Wildman–Crippen LogP) is 1.40. The number of amidine groups is 2. The maximum atomic E-state index is 10.2. The van der Waals surface area contributed by atoms with Crippen molar-refractivity contribution >= 4 is 23.7 Å². The van der Waals surface area contributed by atoms with E-state index in [4.69, 9.17) is 0 Å². The molecular formula is C13H12N4O. The summed E-state index contributed by atoms with van der Waals surface area (Å²) in [4.78, 5) is 16.8. The highest BCUT2D eigenvalue weighted by atomic mass is 16.3. The van der Waals surface area contributed by atoms with Gasteiger partial charge in [-0.3, -0.25) is 4.99 Å². The fraction of sp³-hybridized carbons (Fsp3) is 0.231. The van der Waals surface area contributed by atoms with E-state index in [1.165, 1.54) is 6.34 Å². The van der Waals surface area contributed by atoms with E-state index in [2.05, 4.69) is 20.0 Å². The molecule has 18 heavy (non-hydrogen) atoms. The quantitative estimate of drug-likeness (QED) is 0.834. The summed E-state index contributed by atoms with van der Waals surface area (Å²) in [7, 11) is 0. The highest BCUT2D eigenvalue weighted by Gasteiger charge is 2.29. The molecule has 0 fully saturated rings. The van der Waals surface area contributed by atoms with Crippen LogP contribution in [0.5, 0.6) is 0 Å². The molecule has 5 nitrogen and oxygen atoms in total. The van der Waals surface area contributed by atoms with Crippen molar-refractivity contribution in [2.75, 3.05) is 0 Å². The van der Waals surface area contributed by atoms with E-state index >= 15 is 0 Å². The van der Waals surface area contributed by atoms with Crippen molar-refractivity contribution in [3.05, 3.63) is 35.9 Å². The second-order valence-corrected chi connectivity index (χ2v) is 4.19. The minimum Gasteiger partial charge on any atom is -0.380 e. The molecule has 2 aliphatic rings. The monoisotopic (exact) mass is 240 g/mol. The zero-order chi connectivity index (χ0) is 12.5. The van der Waals surface area contributed by atoms with Gasteiger partial charge in [-0.05, 0) is 12.5 Å². The normalized spacial score (nSPS) is 23.0. The molecule has 2 heterocycles. The van der Waals surface area contributed by atoms with Crippen LogP contribution in [0.3, 0.4) is 0 Å². The van der Waals surface area contributed by atoms with Crippen LogP contribution in [0, 0.1) is 0 Å². The van der Waals surface area contributed by atoms with Crippen LogP contribution in [0.1, 0.15) is 18.6 Å². The van der Waals surface area contributed by atoms with Crippen molar-refractivity contribution in [2.24, 2.45) is 20.0 Å². The Bertz CT molecular complexity index is 586. The fourth-order valence-corrected chi connectivity index (χ4v) is 1.94. The summed E-state index contributed by atoms with van der Waals surface area (Å²) in [6, 6.07) is 9.11. The van der Waals surface area contributed by atoms with Gasteiger partial charge < -0.3 is 5.11 Å². The van der Waals surface area contributed by atoms with Crippen molar-refractivity contribution in [3.8, 4) is 0 Å². The molecule has 0 aromatic heterocycles. The largest absolute Gasteiger partial charge is 0.380 e. The van der Waals surface area contributed by atoms with Gasteiger partial charge in [0.25, 0.3) is 0 Å². The number of fused-ring (bicyclic) bond motifs is 1. The number of aliphatic imine (C=N–C) groups is 4. The Morgan fingerprint density at radius 3 is 2.72 bits per heavy atom. The van der Waals surface area contributed by atoms with Gasteiger partial charge in [0.05, 0.1) is 0 Å². The van der Waals surface area contributed by atoms with Gasteiger partial charge in [-0.1, -0.05) is 30.3 Å². The van der Waals surface area contributed by atoms with Crippen LogP contribution in [0.15, 0.2) is 50.3 Å². The molecule has 2 unspecified atom stereocenters. The van der Waals surface area contributed by atoms with Crippen molar-refractivity contribution in [3.63, 3.8) is 0 Å². The third-order valence-electron chi connectivity index (χ3n) is 2.94. The van der Waals surface area contributed by atoms with Crippen LogP contribution in [-0.2, 0) is 0 Å². The van der Waals surface area contributed by atoms with E-state index in [-0.39, 0.29) is 6.04 Å². The summed E-state index contributed by atoms with van der Waals surface area (Å²) in [6.45, 7) is 1.88. The maximum absolute atomic E-state index is 10.2. The molecule has 2 atom stereocenters. The molecule has 2 aliphatic heterocycles. The minimum atomic E-state index is -0.813. The van der Waals surface area contributed by atoms with Gasteiger partial charge in [0, 0.05) is 5.71 Å². The Kier molecular flexibility index (Phi) is 2.60. The number of aliphatic hydroxyl groups excluding tert-OH is 1. The van der Waals surface area contributed by atoms with Crippen molar-refractivity contribution < 1.29 is 5.11 Å². The first kappa shape index (κ1) is 11.0. The third-order valence-corrected chi connectivity index (χ3v) is 2.94. The SMILES string of the molecule is CC1=NC=NC2=NC(C(O)c3ccccc3)=NC12. The zero-order valence-electron chi connectivity index (χ0n) is 9.85. The van der Waals surface area contributed by atoms with Crippen molar-refractivity contribution in [2.45, 2.75) is 19.1 Å². The number of hydrogen-bond acceptors (Lipinski definition) is 5. The van der Waals surface area contributed by atoms with Crippen molar-refractivity contribution in [1.29, 1.82) is 0 Å². The molecule has 3 rings (SSSR count). The molecule has 0 aliphatic carbocycles. The Morgan fingerprint density at radius 2 is 2.00 bits per heavy atom. The molecule has 90 valence electrons. The number of aliphatic hydroxyl groups is 1. The van der Waals surface area contributed by atoms with E-state index in [1.54, 1.807) is 0 Å². The number of nitrogens with zero attached hydrogens (tertiary/aromatic N) is 4. The zero-order valence-corrected chi connectivity index (χ0v) is 9.85. The highest BCUT2D eigenvalue weighted by molar-refractivity contribution is 6.22. The summed E-state index contributed by atoms with van der Waals surface area (Å²) >= 11 is 0. The average Bonchev–Trinajstić information content (AvgIpc) is 2.84. The second-order valence-electron chi connectivity index (χ2n) is 4.19. The Hall–Kier alpha value is -2.14. The van der Waals surface area contributed by atoms with Gasteiger partial charge in [-0.25, -0.2) is 15.0 Å². The van der Waals surface area contributed by atoms with Gasteiger partial charge in [0.15, 0.2) is 11.7 Å². The molecule has 1 N–H and O–H groups in total. The summed E-state index contributed by atoms with van der Waals surface area (Å²) in [6.07, 6.45) is 0.658. The molecular weight excluding hydrogens is 228 g/mol. The molecule has 0 spiro atoms. The lowest BCUT2D eigenvalue weighted by Crippen LogP contribution is -2.25. The first-order valence-electron chi connectivity index (χ1n) is 5.72. The Balaban J connectivity index is 1.92. The van der Waals surface area contributed by atoms with Gasteiger partial charge >= 0.3 is 0 Å². The first-order chi connectivity index (χ1) is 8.75. The van der Waals surface area contributed by atoms with Gasteiger partial charge in [0.1, 0.15) is 18.5 Å². The molecule has 1 aromatic carbocycles. The number of benzene rings is 1. The van der Waals surface area contributed by atoms with E-state index in [0.29, 0.717) is 11.7 Å². The summed E-state index contributed by atoms with van der Waals surface area (Å²) in [5.74, 6) is 1.00. The lowest BCUT2D eigenvalue weighted by molar-refractivity contribution is 0.246. The lowest BCUT2D eigenvalue weighted by Gasteiger charge is -2.09. The second kappa shape index (κ2) is 4.27. The standard InChI is InChI=1S/C13H12N4O/c1-8-10-12(15-7-14-8)17-13(16-10)11(18)9-5-3-2-4-6-9/h2-7,10-11,18H,1H3. The average molecular weight is 240 g/mol. The van der Waals surface area contributed by atoms with E-state index in [9.17, 15) is 5.11 Å². The molecule has 0 saturated heterocycles.